The number of benzene rings is 1. The Balaban J connectivity index is 0. The Morgan fingerprint density at radius 1 is 0.778 bits per heavy atom. The third kappa shape index (κ3) is 8.11. The minimum absolute atomic E-state index is 0. The molecule has 0 aromatic heterocycles. The molecular formula is C22H40Cl2N2O. The molecule has 3 nitrogen and oxygen atoms in total. The fraction of sp³-hybridized carbons (Fsp3) is 0.682. The number of ketones is 1. The highest BCUT2D eigenvalue weighted by Gasteiger charge is 2.38. The molecule has 0 spiro atoms. The maximum atomic E-state index is 13.2. The fourth-order valence-corrected chi connectivity index (χ4v) is 3.73. The van der Waals surface area contributed by atoms with Gasteiger partial charge in [-0.2, -0.15) is 0 Å². The number of carbonyl (C=O) groups is 1. The molecule has 0 aliphatic carbocycles. The second-order valence-electron chi connectivity index (χ2n) is 6.78. The van der Waals surface area contributed by atoms with Crippen molar-refractivity contribution < 1.29 is 4.79 Å². The van der Waals surface area contributed by atoms with E-state index in [-0.39, 0.29) is 30.2 Å². The van der Waals surface area contributed by atoms with E-state index in [2.05, 4.69) is 61.8 Å². The van der Waals surface area contributed by atoms with Gasteiger partial charge in [-0.15, -0.1) is 24.8 Å². The predicted octanol–water partition coefficient (Wildman–Crippen LogP) is 5.21. The average Bonchev–Trinajstić information content (AvgIpc) is 2.67. The number of halogens is 2. The van der Waals surface area contributed by atoms with E-state index in [9.17, 15) is 4.79 Å². The van der Waals surface area contributed by atoms with Crippen LogP contribution in [0, 0.1) is 0 Å². The van der Waals surface area contributed by atoms with E-state index in [1.165, 1.54) is 5.56 Å². The Labute approximate surface area is 179 Å². The van der Waals surface area contributed by atoms with Gasteiger partial charge in [-0.05, 0) is 57.7 Å². The van der Waals surface area contributed by atoms with Gasteiger partial charge in [0, 0.05) is 6.42 Å². The van der Waals surface area contributed by atoms with Gasteiger partial charge in [0.25, 0.3) is 0 Å². The molecule has 0 amide bonds. The Morgan fingerprint density at radius 3 is 1.52 bits per heavy atom. The van der Waals surface area contributed by atoms with Crippen molar-refractivity contribution in [3.63, 3.8) is 0 Å². The van der Waals surface area contributed by atoms with Crippen LogP contribution in [0.25, 0.3) is 0 Å². The van der Waals surface area contributed by atoms with Crippen molar-refractivity contribution in [1.82, 2.24) is 9.80 Å². The first kappa shape index (κ1) is 28.6. The van der Waals surface area contributed by atoms with Gasteiger partial charge in [-0.3, -0.25) is 4.79 Å². The summed E-state index contributed by atoms with van der Waals surface area (Å²) in [5.41, 5.74) is 0.836. The molecule has 0 aliphatic rings. The molecule has 0 heterocycles. The monoisotopic (exact) mass is 418 g/mol. The summed E-state index contributed by atoms with van der Waals surface area (Å²) in [5, 5.41) is 0. The number of rotatable bonds is 13. The molecule has 0 saturated heterocycles. The van der Waals surface area contributed by atoms with Crippen LogP contribution in [0.4, 0.5) is 0 Å². The quantitative estimate of drug-likeness (QED) is 0.439. The highest BCUT2D eigenvalue weighted by molar-refractivity contribution is 5.90. The Hall–Kier alpha value is -0.610. The van der Waals surface area contributed by atoms with E-state index in [1.807, 2.05) is 13.0 Å². The average molecular weight is 419 g/mol. The SMILES string of the molecule is CCC(=O)C(CCN(CC)CC)(CCN(CC)CC)c1ccccc1.Cl.Cl. The lowest BCUT2D eigenvalue weighted by Crippen LogP contribution is -2.42. The van der Waals surface area contributed by atoms with Gasteiger partial charge in [0.1, 0.15) is 5.78 Å². The minimum atomic E-state index is -0.360. The van der Waals surface area contributed by atoms with Crippen LogP contribution in [-0.4, -0.2) is 54.9 Å². The van der Waals surface area contributed by atoms with Crippen molar-refractivity contribution >= 4 is 30.6 Å². The number of hydrogen-bond donors (Lipinski definition) is 0. The summed E-state index contributed by atoms with van der Waals surface area (Å²) in [5.74, 6) is 0.387. The smallest absolute Gasteiger partial charge is 0.143 e. The maximum absolute atomic E-state index is 13.2. The van der Waals surface area contributed by atoms with Crippen molar-refractivity contribution in [3.8, 4) is 0 Å². The molecule has 1 aromatic rings. The molecule has 1 aromatic carbocycles. The molecule has 0 radical (unpaired) electrons. The van der Waals surface area contributed by atoms with Crippen LogP contribution in [0.2, 0.25) is 0 Å². The van der Waals surface area contributed by atoms with Gasteiger partial charge in [0.2, 0.25) is 0 Å². The molecule has 158 valence electrons. The van der Waals surface area contributed by atoms with Crippen LogP contribution in [0.1, 0.15) is 59.4 Å². The van der Waals surface area contributed by atoms with Crippen LogP contribution >= 0.6 is 24.8 Å². The van der Waals surface area contributed by atoms with Crippen LogP contribution < -0.4 is 0 Å². The molecular weight excluding hydrogens is 379 g/mol. The third-order valence-electron chi connectivity index (χ3n) is 5.68. The Morgan fingerprint density at radius 2 is 1.19 bits per heavy atom. The van der Waals surface area contributed by atoms with E-state index in [0.29, 0.717) is 12.2 Å². The van der Waals surface area contributed by atoms with Crippen molar-refractivity contribution in [3.05, 3.63) is 35.9 Å². The maximum Gasteiger partial charge on any atom is 0.143 e. The zero-order chi connectivity index (χ0) is 18.7. The first-order chi connectivity index (χ1) is 12.1. The third-order valence-corrected chi connectivity index (χ3v) is 5.68. The topological polar surface area (TPSA) is 23.6 Å². The summed E-state index contributed by atoms with van der Waals surface area (Å²) in [7, 11) is 0. The highest BCUT2D eigenvalue weighted by atomic mass is 35.5. The molecule has 0 atom stereocenters. The van der Waals surface area contributed by atoms with Gasteiger partial charge >= 0.3 is 0 Å². The zero-order valence-corrected chi connectivity index (χ0v) is 19.5. The largest absolute Gasteiger partial charge is 0.304 e. The summed E-state index contributed by atoms with van der Waals surface area (Å²) < 4.78 is 0. The number of nitrogens with zero attached hydrogens (tertiary/aromatic N) is 2. The molecule has 1 rings (SSSR count). The van der Waals surface area contributed by atoms with Crippen molar-refractivity contribution in [2.75, 3.05) is 39.3 Å². The molecule has 0 saturated carbocycles. The molecule has 0 fully saturated rings. The van der Waals surface area contributed by atoms with Gasteiger partial charge in [0.05, 0.1) is 5.41 Å². The lowest BCUT2D eigenvalue weighted by atomic mass is 9.70. The molecule has 0 bridgehead atoms. The summed E-state index contributed by atoms with van der Waals surface area (Å²) >= 11 is 0. The summed E-state index contributed by atoms with van der Waals surface area (Å²) in [6, 6.07) is 10.5. The number of hydrogen-bond acceptors (Lipinski definition) is 3. The summed E-state index contributed by atoms with van der Waals surface area (Å²) in [6.45, 7) is 16.9. The van der Waals surface area contributed by atoms with Gasteiger partial charge in [-0.1, -0.05) is 65.0 Å². The van der Waals surface area contributed by atoms with Crippen molar-refractivity contribution in [1.29, 1.82) is 0 Å². The first-order valence-electron chi connectivity index (χ1n) is 10.1. The molecule has 0 unspecified atom stereocenters. The second-order valence-corrected chi connectivity index (χ2v) is 6.78. The van der Waals surface area contributed by atoms with Crippen LogP contribution in [0.5, 0.6) is 0 Å². The standard InChI is InChI=1S/C22H38N2O.2ClH/c1-6-21(25)22(16-18-23(7-2)8-3,17-19-24(9-4)10-5)20-14-12-11-13-15-20;;/h11-15H,6-10,16-19H2,1-5H3;2*1H. The van der Waals surface area contributed by atoms with Crippen LogP contribution in [0.3, 0.4) is 0 Å². The normalized spacial score (nSPS) is 11.2. The van der Waals surface area contributed by atoms with E-state index < -0.39 is 0 Å². The van der Waals surface area contributed by atoms with E-state index in [1.54, 1.807) is 0 Å². The summed E-state index contributed by atoms with van der Waals surface area (Å²) in [4.78, 5) is 18.0. The molecule has 0 N–H and O–H groups in total. The van der Waals surface area contributed by atoms with Gasteiger partial charge in [0.15, 0.2) is 0 Å². The van der Waals surface area contributed by atoms with E-state index in [0.717, 1.165) is 52.1 Å². The van der Waals surface area contributed by atoms with Gasteiger partial charge in [-0.25, -0.2) is 0 Å². The predicted molar refractivity (Wildman–Crippen MR) is 123 cm³/mol. The lowest BCUT2D eigenvalue weighted by molar-refractivity contribution is -0.125. The van der Waals surface area contributed by atoms with Crippen molar-refractivity contribution in [2.24, 2.45) is 0 Å². The molecule has 27 heavy (non-hydrogen) atoms. The Bertz CT molecular complexity index is 472. The van der Waals surface area contributed by atoms with Crippen LogP contribution in [-0.2, 0) is 10.2 Å². The van der Waals surface area contributed by atoms with Gasteiger partial charge < -0.3 is 9.80 Å². The second kappa shape index (κ2) is 15.3. The number of Topliss-reactive ketones (excluding diaryl/α,β-unsaturated/α-hetero) is 1. The Kier molecular flexibility index (Phi) is 16.2. The highest BCUT2D eigenvalue weighted by Crippen LogP contribution is 2.35. The van der Waals surface area contributed by atoms with Crippen LogP contribution in [0.15, 0.2) is 30.3 Å². The van der Waals surface area contributed by atoms with E-state index >= 15 is 0 Å². The van der Waals surface area contributed by atoms with Crippen molar-refractivity contribution in [2.45, 2.75) is 59.3 Å². The zero-order valence-electron chi connectivity index (χ0n) is 17.9. The minimum Gasteiger partial charge on any atom is -0.304 e. The molecule has 0 aliphatic heterocycles. The summed E-state index contributed by atoms with van der Waals surface area (Å²) in [6.07, 6.45) is 2.42. The first-order valence-corrected chi connectivity index (χ1v) is 10.1. The number of carbonyl (C=O) groups excluding carboxylic acids is 1. The van der Waals surface area contributed by atoms with E-state index in [4.69, 9.17) is 0 Å². The fourth-order valence-electron chi connectivity index (χ4n) is 3.73. The lowest BCUT2D eigenvalue weighted by Gasteiger charge is -2.36. The molecule has 5 heteroatoms.